The zero-order valence-corrected chi connectivity index (χ0v) is 23.4. The topological polar surface area (TPSA) is 106 Å². The van der Waals surface area contributed by atoms with Crippen LogP contribution in [0.2, 0.25) is 10.0 Å². The third-order valence-corrected chi connectivity index (χ3v) is 6.30. The highest BCUT2D eigenvalue weighted by molar-refractivity contribution is 6.35. The molecular weight excluding hydrogens is 531 g/mol. The van der Waals surface area contributed by atoms with Crippen molar-refractivity contribution in [1.29, 1.82) is 0 Å². The molecule has 2 aromatic rings. The van der Waals surface area contributed by atoms with Gasteiger partial charge < -0.3 is 24.6 Å². The first-order chi connectivity index (χ1) is 18.0. The fourth-order valence-electron chi connectivity index (χ4n) is 3.80. The fourth-order valence-corrected chi connectivity index (χ4v) is 4.30. The predicted molar refractivity (Wildman–Crippen MR) is 147 cm³/mol. The number of aliphatic hydroxyl groups is 1. The van der Waals surface area contributed by atoms with E-state index in [9.17, 15) is 9.59 Å². The quantitative estimate of drug-likeness (QED) is 0.284. The van der Waals surface area contributed by atoms with Gasteiger partial charge in [0.15, 0.2) is 5.54 Å². The highest BCUT2D eigenvalue weighted by atomic mass is 35.5. The van der Waals surface area contributed by atoms with E-state index < -0.39 is 17.1 Å². The van der Waals surface area contributed by atoms with E-state index in [0.717, 1.165) is 5.56 Å². The van der Waals surface area contributed by atoms with Crippen LogP contribution in [0, 0.1) is 0 Å². The molecule has 0 spiro atoms. The van der Waals surface area contributed by atoms with Gasteiger partial charge in [0.05, 0.1) is 6.61 Å². The summed E-state index contributed by atoms with van der Waals surface area (Å²) >= 11 is 12.2. The van der Waals surface area contributed by atoms with Crippen LogP contribution in [0.4, 0.5) is 0 Å². The van der Waals surface area contributed by atoms with Gasteiger partial charge >= 0.3 is 5.97 Å². The molecule has 0 bridgehead atoms. The zero-order valence-electron chi connectivity index (χ0n) is 21.9. The summed E-state index contributed by atoms with van der Waals surface area (Å²) in [5.41, 5.74) is -0.384. The smallest absolute Gasteiger partial charge is 0.306 e. The minimum absolute atomic E-state index is 0.00543. The van der Waals surface area contributed by atoms with Gasteiger partial charge in [-0.2, -0.15) is 0 Å². The van der Waals surface area contributed by atoms with Gasteiger partial charge in [0.25, 0.3) is 5.91 Å². The lowest BCUT2D eigenvalue weighted by Crippen LogP contribution is -2.47. The molecule has 0 aliphatic carbocycles. The lowest BCUT2D eigenvalue weighted by molar-refractivity contribution is -0.155. The van der Waals surface area contributed by atoms with Crippen LogP contribution < -0.4 is 10.1 Å². The second-order valence-electron chi connectivity index (χ2n) is 10.0. The highest BCUT2D eigenvalue weighted by Gasteiger charge is 2.44. The minimum atomic E-state index is -1.29. The van der Waals surface area contributed by atoms with E-state index in [-0.39, 0.29) is 32.0 Å². The molecule has 1 heterocycles. The van der Waals surface area contributed by atoms with E-state index >= 15 is 0 Å². The molecule has 10 heteroatoms. The van der Waals surface area contributed by atoms with Crippen molar-refractivity contribution < 1.29 is 28.9 Å². The van der Waals surface area contributed by atoms with Crippen molar-refractivity contribution in [2.24, 2.45) is 4.99 Å². The molecule has 1 aliphatic heterocycles. The number of esters is 1. The summed E-state index contributed by atoms with van der Waals surface area (Å²) in [4.78, 5) is 30.5. The first kappa shape index (κ1) is 29.7. The summed E-state index contributed by atoms with van der Waals surface area (Å²) in [6.07, 6.45) is 1.17. The van der Waals surface area contributed by atoms with Crippen LogP contribution in [-0.4, -0.2) is 60.4 Å². The van der Waals surface area contributed by atoms with Crippen molar-refractivity contribution in [2.75, 3.05) is 26.4 Å². The number of hydrogen-bond donors (Lipinski definition) is 2. The second-order valence-corrected chi connectivity index (χ2v) is 10.9. The molecule has 1 aliphatic rings. The molecule has 8 nitrogen and oxygen atoms in total. The van der Waals surface area contributed by atoms with Crippen LogP contribution in [0.1, 0.15) is 51.2 Å². The van der Waals surface area contributed by atoms with Crippen molar-refractivity contribution in [3.63, 3.8) is 0 Å². The molecule has 0 aromatic heterocycles. The van der Waals surface area contributed by atoms with Gasteiger partial charge in [-0.1, -0.05) is 29.3 Å². The maximum atomic E-state index is 13.4. The Balaban J connectivity index is 1.73. The molecule has 0 unspecified atom stereocenters. The zero-order chi connectivity index (χ0) is 27.8. The molecule has 38 heavy (non-hydrogen) atoms. The van der Waals surface area contributed by atoms with Crippen LogP contribution in [-0.2, 0) is 25.5 Å². The van der Waals surface area contributed by atoms with Gasteiger partial charge in [0.1, 0.15) is 18.0 Å². The van der Waals surface area contributed by atoms with E-state index in [0.29, 0.717) is 53.2 Å². The highest BCUT2D eigenvalue weighted by Crippen LogP contribution is 2.29. The Morgan fingerprint density at radius 1 is 1.16 bits per heavy atom. The van der Waals surface area contributed by atoms with Gasteiger partial charge in [-0.15, -0.1) is 0 Å². The van der Waals surface area contributed by atoms with E-state index in [1.807, 2.05) is 6.07 Å². The summed E-state index contributed by atoms with van der Waals surface area (Å²) < 4.78 is 16.9. The Morgan fingerprint density at radius 2 is 1.89 bits per heavy atom. The number of rotatable bonds is 12. The Bertz CT molecular complexity index is 1150. The minimum Gasteiger partial charge on any atom is -0.494 e. The first-order valence-electron chi connectivity index (χ1n) is 12.5. The number of carbonyl (C=O) groups is 2. The van der Waals surface area contributed by atoms with Gasteiger partial charge in [-0.05, 0) is 75.6 Å². The van der Waals surface area contributed by atoms with Crippen LogP contribution in [0.3, 0.4) is 0 Å². The van der Waals surface area contributed by atoms with Crippen molar-refractivity contribution in [1.82, 2.24) is 5.32 Å². The molecule has 0 saturated heterocycles. The molecular formula is C28H34Cl2N2O6. The lowest BCUT2D eigenvalue weighted by Gasteiger charge is -2.24. The predicted octanol–water partition coefficient (Wildman–Crippen LogP) is 4.75. The monoisotopic (exact) mass is 564 g/mol. The largest absolute Gasteiger partial charge is 0.494 e. The van der Waals surface area contributed by atoms with Crippen LogP contribution >= 0.6 is 23.2 Å². The summed E-state index contributed by atoms with van der Waals surface area (Å²) in [6.45, 7) is 6.15. The number of nitrogens with one attached hydrogen (secondary N) is 1. The second kappa shape index (κ2) is 13.3. The van der Waals surface area contributed by atoms with Crippen molar-refractivity contribution in [3.05, 3.63) is 63.6 Å². The van der Waals surface area contributed by atoms with Gasteiger partial charge in [0, 0.05) is 41.6 Å². The number of nitrogens with zero attached hydrogens (tertiary/aromatic N) is 1. The maximum absolute atomic E-state index is 13.4. The number of halogens is 2. The molecule has 0 radical (unpaired) electrons. The molecule has 2 aromatic carbocycles. The molecule has 1 atom stereocenters. The number of hydrogen-bond acceptors (Lipinski definition) is 7. The number of aliphatic imine (C=N–C) groups is 1. The van der Waals surface area contributed by atoms with Crippen LogP contribution in [0.15, 0.2) is 47.5 Å². The Kier molecular flexibility index (Phi) is 10.4. The third-order valence-electron chi connectivity index (χ3n) is 5.72. The number of carbonyl (C=O) groups excluding carboxylic acids is 2. The van der Waals surface area contributed by atoms with Crippen molar-refractivity contribution in [3.8, 4) is 5.75 Å². The maximum Gasteiger partial charge on any atom is 0.306 e. The van der Waals surface area contributed by atoms with Gasteiger partial charge in [-0.3, -0.25) is 9.59 Å². The van der Waals surface area contributed by atoms with E-state index in [1.165, 1.54) is 0 Å². The Morgan fingerprint density at radius 3 is 2.55 bits per heavy atom. The lowest BCUT2D eigenvalue weighted by atomic mass is 9.94. The van der Waals surface area contributed by atoms with E-state index in [4.69, 9.17) is 42.5 Å². The van der Waals surface area contributed by atoms with E-state index in [2.05, 4.69) is 10.3 Å². The molecule has 3 rings (SSSR count). The molecule has 0 saturated carbocycles. The molecule has 0 fully saturated rings. The van der Waals surface area contributed by atoms with Gasteiger partial charge in [0.2, 0.25) is 5.90 Å². The average molecular weight is 565 g/mol. The van der Waals surface area contributed by atoms with Gasteiger partial charge in [-0.25, -0.2) is 4.99 Å². The molecule has 206 valence electrons. The normalized spacial score (nSPS) is 16.9. The number of aliphatic hydroxyl groups excluding tert-OH is 1. The Labute approximate surface area is 233 Å². The van der Waals surface area contributed by atoms with Crippen molar-refractivity contribution in [2.45, 2.75) is 57.6 Å². The average Bonchev–Trinajstić information content (AvgIpc) is 3.29. The summed E-state index contributed by atoms with van der Waals surface area (Å²) in [5, 5.41) is 12.9. The molecule has 1 amide bonds. The SMILES string of the molecule is CC(C)(C)OC(=O)CC[C@]1(C(=O)NCCc2ccc(Cl)cc2Cl)COC(c2ccc(OCCCO)cc2)=N1. The fraction of sp³-hybridized carbons (Fsp3) is 0.464. The number of ether oxygens (including phenoxy) is 3. The molecule has 2 N–H and O–H groups in total. The van der Waals surface area contributed by atoms with Crippen molar-refractivity contribution >= 4 is 41.0 Å². The summed E-state index contributed by atoms with van der Waals surface area (Å²) in [7, 11) is 0. The van der Waals surface area contributed by atoms with E-state index in [1.54, 1.807) is 57.2 Å². The van der Waals surface area contributed by atoms with Crippen LogP contribution in [0.5, 0.6) is 5.75 Å². The number of amides is 1. The Hall–Kier alpha value is -2.81. The standard InChI is InChI=1S/C28H34Cl2N2O6/c1-27(2,3)38-24(34)11-13-28(26(35)31-14-12-19-5-8-21(29)17-23(19)30)18-37-25(32-28)20-6-9-22(10-7-20)36-16-4-15-33/h5-10,17,33H,4,11-16,18H2,1-3H3,(H,31,35)/t28-/m1/s1. The summed E-state index contributed by atoms with van der Waals surface area (Å²) in [5.74, 6) is 0.207. The summed E-state index contributed by atoms with van der Waals surface area (Å²) in [6, 6.07) is 12.4. The van der Waals surface area contributed by atoms with Crippen LogP contribution in [0.25, 0.3) is 0 Å². The number of benzene rings is 2. The third kappa shape index (κ3) is 8.61. The first-order valence-corrected chi connectivity index (χ1v) is 13.3.